The van der Waals surface area contributed by atoms with Crippen molar-refractivity contribution >= 4 is 5.69 Å². The van der Waals surface area contributed by atoms with Gasteiger partial charge in [0.1, 0.15) is 5.76 Å². The SMILES string of the molecule is CCN(Cc1cc(CNC)co1)c1ccccc1C. The number of rotatable bonds is 6. The topological polar surface area (TPSA) is 28.4 Å². The van der Waals surface area contributed by atoms with Crippen LogP contribution in [0.1, 0.15) is 23.8 Å². The van der Waals surface area contributed by atoms with E-state index in [9.17, 15) is 0 Å². The van der Waals surface area contributed by atoms with E-state index in [1.165, 1.54) is 16.8 Å². The highest BCUT2D eigenvalue weighted by atomic mass is 16.3. The molecule has 1 N–H and O–H groups in total. The molecule has 1 aromatic carbocycles. The first-order valence-electron chi connectivity index (χ1n) is 6.76. The molecule has 2 aromatic rings. The van der Waals surface area contributed by atoms with E-state index >= 15 is 0 Å². The van der Waals surface area contributed by atoms with E-state index in [0.717, 1.165) is 25.4 Å². The summed E-state index contributed by atoms with van der Waals surface area (Å²) in [6.45, 7) is 6.94. The fraction of sp³-hybridized carbons (Fsp3) is 0.375. The molecule has 2 rings (SSSR count). The second kappa shape index (κ2) is 6.43. The molecule has 0 aliphatic heterocycles. The first-order chi connectivity index (χ1) is 9.24. The van der Waals surface area contributed by atoms with Crippen LogP contribution in [0.3, 0.4) is 0 Å². The van der Waals surface area contributed by atoms with Gasteiger partial charge in [0.15, 0.2) is 0 Å². The summed E-state index contributed by atoms with van der Waals surface area (Å²) in [6, 6.07) is 10.6. The van der Waals surface area contributed by atoms with E-state index in [1.54, 1.807) is 0 Å². The quantitative estimate of drug-likeness (QED) is 0.861. The maximum Gasteiger partial charge on any atom is 0.123 e. The van der Waals surface area contributed by atoms with Crippen LogP contribution in [0.15, 0.2) is 41.0 Å². The minimum absolute atomic E-state index is 0.811. The molecule has 0 spiro atoms. The normalized spacial score (nSPS) is 10.7. The molecule has 0 amide bonds. The fourth-order valence-corrected chi connectivity index (χ4v) is 2.28. The molecule has 1 heterocycles. The smallest absolute Gasteiger partial charge is 0.123 e. The van der Waals surface area contributed by atoms with Gasteiger partial charge in [-0.15, -0.1) is 0 Å². The molecule has 0 fully saturated rings. The monoisotopic (exact) mass is 258 g/mol. The first-order valence-corrected chi connectivity index (χ1v) is 6.76. The Kier molecular flexibility index (Phi) is 4.63. The number of nitrogens with zero attached hydrogens (tertiary/aromatic N) is 1. The van der Waals surface area contributed by atoms with Gasteiger partial charge < -0.3 is 14.6 Å². The minimum Gasteiger partial charge on any atom is -0.467 e. The molecule has 0 saturated carbocycles. The minimum atomic E-state index is 0.811. The Morgan fingerprint density at radius 3 is 2.74 bits per heavy atom. The van der Waals surface area contributed by atoms with E-state index in [1.807, 2.05) is 13.3 Å². The van der Waals surface area contributed by atoms with Gasteiger partial charge >= 0.3 is 0 Å². The molecular formula is C16H22N2O. The van der Waals surface area contributed by atoms with Crippen molar-refractivity contribution in [2.45, 2.75) is 26.9 Å². The Labute approximate surface area is 115 Å². The average Bonchev–Trinajstić information content (AvgIpc) is 2.85. The van der Waals surface area contributed by atoms with Crippen LogP contribution in [0.5, 0.6) is 0 Å². The van der Waals surface area contributed by atoms with E-state index in [4.69, 9.17) is 4.42 Å². The van der Waals surface area contributed by atoms with Gasteiger partial charge in [0.25, 0.3) is 0 Å². The van der Waals surface area contributed by atoms with Gasteiger partial charge in [0.05, 0.1) is 12.8 Å². The van der Waals surface area contributed by atoms with Gasteiger partial charge in [0, 0.05) is 24.3 Å². The lowest BCUT2D eigenvalue weighted by Gasteiger charge is -2.23. The van der Waals surface area contributed by atoms with Crippen molar-refractivity contribution in [3.05, 3.63) is 53.5 Å². The maximum atomic E-state index is 5.63. The van der Waals surface area contributed by atoms with Crippen LogP contribution >= 0.6 is 0 Å². The number of benzene rings is 1. The summed E-state index contributed by atoms with van der Waals surface area (Å²) in [5.74, 6) is 1.01. The Morgan fingerprint density at radius 2 is 2.05 bits per heavy atom. The molecular weight excluding hydrogens is 236 g/mol. The van der Waals surface area contributed by atoms with Crippen molar-refractivity contribution in [2.75, 3.05) is 18.5 Å². The average molecular weight is 258 g/mol. The fourth-order valence-electron chi connectivity index (χ4n) is 2.28. The molecule has 3 heteroatoms. The van der Waals surface area contributed by atoms with E-state index in [0.29, 0.717) is 0 Å². The molecule has 3 nitrogen and oxygen atoms in total. The number of anilines is 1. The molecule has 0 aliphatic rings. The van der Waals surface area contributed by atoms with Crippen LogP contribution in [0.2, 0.25) is 0 Å². The zero-order valence-corrected chi connectivity index (χ0v) is 11.9. The van der Waals surface area contributed by atoms with Gasteiger partial charge in [-0.1, -0.05) is 18.2 Å². The second-order valence-corrected chi connectivity index (χ2v) is 4.75. The number of hydrogen-bond acceptors (Lipinski definition) is 3. The molecule has 102 valence electrons. The summed E-state index contributed by atoms with van der Waals surface area (Å²) in [6.07, 6.45) is 1.83. The zero-order valence-electron chi connectivity index (χ0n) is 11.9. The maximum absolute atomic E-state index is 5.63. The lowest BCUT2D eigenvalue weighted by atomic mass is 10.1. The number of aryl methyl sites for hydroxylation is 1. The third-order valence-electron chi connectivity index (χ3n) is 3.27. The molecule has 0 unspecified atom stereocenters. The van der Waals surface area contributed by atoms with Crippen molar-refractivity contribution < 1.29 is 4.42 Å². The highest BCUT2D eigenvalue weighted by molar-refractivity contribution is 5.52. The van der Waals surface area contributed by atoms with Gasteiger partial charge in [-0.2, -0.15) is 0 Å². The van der Waals surface area contributed by atoms with Gasteiger partial charge in [-0.05, 0) is 38.6 Å². The summed E-state index contributed by atoms with van der Waals surface area (Å²) in [5, 5.41) is 3.13. The van der Waals surface area contributed by atoms with Crippen LogP contribution in [-0.4, -0.2) is 13.6 Å². The third-order valence-corrected chi connectivity index (χ3v) is 3.27. The zero-order chi connectivity index (χ0) is 13.7. The van der Waals surface area contributed by atoms with Gasteiger partial charge in [0.2, 0.25) is 0 Å². The number of nitrogens with one attached hydrogen (secondary N) is 1. The summed E-state index contributed by atoms with van der Waals surface area (Å²) in [4.78, 5) is 2.33. The van der Waals surface area contributed by atoms with Gasteiger partial charge in [-0.25, -0.2) is 0 Å². The molecule has 0 radical (unpaired) electrons. The Morgan fingerprint density at radius 1 is 1.26 bits per heavy atom. The Hall–Kier alpha value is -1.74. The molecule has 0 aliphatic carbocycles. The van der Waals surface area contributed by atoms with Crippen molar-refractivity contribution in [3.8, 4) is 0 Å². The van der Waals surface area contributed by atoms with Crippen molar-refractivity contribution in [1.29, 1.82) is 0 Å². The van der Waals surface area contributed by atoms with E-state index in [-0.39, 0.29) is 0 Å². The first kappa shape index (κ1) is 13.7. The summed E-state index contributed by atoms with van der Waals surface area (Å²) < 4.78 is 5.63. The van der Waals surface area contributed by atoms with Crippen LogP contribution in [0.25, 0.3) is 0 Å². The van der Waals surface area contributed by atoms with Gasteiger partial charge in [-0.3, -0.25) is 0 Å². The second-order valence-electron chi connectivity index (χ2n) is 4.75. The highest BCUT2D eigenvalue weighted by Crippen LogP contribution is 2.22. The molecule has 19 heavy (non-hydrogen) atoms. The van der Waals surface area contributed by atoms with Crippen molar-refractivity contribution in [2.24, 2.45) is 0 Å². The molecule has 1 aromatic heterocycles. The summed E-state index contributed by atoms with van der Waals surface area (Å²) in [7, 11) is 1.94. The standard InChI is InChI=1S/C16H22N2O/c1-4-18(16-8-6-5-7-13(16)2)11-15-9-14(10-17-3)12-19-15/h5-9,12,17H,4,10-11H2,1-3H3. The van der Waals surface area contributed by atoms with Crippen molar-refractivity contribution in [1.82, 2.24) is 5.32 Å². The van der Waals surface area contributed by atoms with Crippen LogP contribution < -0.4 is 10.2 Å². The lowest BCUT2D eigenvalue weighted by molar-refractivity contribution is 0.501. The summed E-state index contributed by atoms with van der Waals surface area (Å²) in [5.41, 5.74) is 3.77. The number of hydrogen-bond donors (Lipinski definition) is 1. The molecule has 0 bridgehead atoms. The summed E-state index contributed by atoms with van der Waals surface area (Å²) >= 11 is 0. The van der Waals surface area contributed by atoms with Crippen molar-refractivity contribution in [3.63, 3.8) is 0 Å². The predicted octanol–water partition coefficient (Wildman–Crippen LogP) is 3.33. The largest absolute Gasteiger partial charge is 0.467 e. The predicted molar refractivity (Wildman–Crippen MR) is 79.4 cm³/mol. The van der Waals surface area contributed by atoms with Crippen LogP contribution in [0.4, 0.5) is 5.69 Å². The van der Waals surface area contributed by atoms with E-state index < -0.39 is 0 Å². The molecule has 0 saturated heterocycles. The number of para-hydroxylation sites is 1. The lowest BCUT2D eigenvalue weighted by Crippen LogP contribution is -2.22. The molecule has 0 atom stereocenters. The Bertz CT molecular complexity index is 519. The van der Waals surface area contributed by atoms with Crippen LogP contribution in [-0.2, 0) is 13.1 Å². The third kappa shape index (κ3) is 3.38. The highest BCUT2D eigenvalue weighted by Gasteiger charge is 2.10. The Balaban J connectivity index is 2.12. The van der Waals surface area contributed by atoms with E-state index in [2.05, 4.69) is 54.4 Å². The number of furan rings is 1. The van der Waals surface area contributed by atoms with Crippen LogP contribution in [0, 0.1) is 6.92 Å².